The third-order valence-electron chi connectivity index (χ3n) is 3.71. The van der Waals surface area contributed by atoms with Crippen molar-refractivity contribution in [1.29, 1.82) is 0 Å². The van der Waals surface area contributed by atoms with Crippen molar-refractivity contribution in [3.63, 3.8) is 0 Å². The molecule has 2 aromatic carbocycles. The van der Waals surface area contributed by atoms with Crippen molar-refractivity contribution in [2.75, 3.05) is 28.6 Å². The number of rotatable bonds is 5. The van der Waals surface area contributed by atoms with Crippen molar-refractivity contribution in [3.05, 3.63) is 53.8 Å². The molecule has 5 heteroatoms. The number of halogens is 1. The summed E-state index contributed by atoms with van der Waals surface area (Å²) in [5.74, 6) is -0.462. The normalized spacial score (nSPS) is 10.3. The summed E-state index contributed by atoms with van der Waals surface area (Å²) in [6.07, 6.45) is 0. The van der Waals surface area contributed by atoms with Crippen molar-refractivity contribution in [3.8, 4) is 0 Å². The average Bonchev–Trinajstić information content (AvgIpc) is 2.53. The Bertz CT molecular complexity index is 684. The molecule has 2 rings (SSSR count). The molecule has 0 bridgehead atoms. The number of hydrogen-bond acceptors (Lipinski definition) is 2. The molecule has 0 aliphatic rings. The second-order valence-corrected chi connectivity index (χ2v) is 5.23. The number of carbonyl (C=O) groups excluding carboxylic acids is 1. The molecule has 0 saturated heterocycles. The lowest BCUT2D eigenvalue weighted by atomic mass is 10.1. The van der Waals surface area contributed by atoms with Gasteiger partial charge in [-0.15, -0.1) is 0 Å². The van der Waals surface area contributed by atoms with Crippen LogP contribution in [-0.4, -0.2) is 19.1 Å². The molecule has 0 heterocycles. The summed E-state index contributed by atoms with van der Waals surface area (Å²) in [5, 5.41) is 5.26. The number of amides is 2. The first-order valence-electron chi connectivity index (χ1n) is 7.73. The number of nitrogens with zero attached hydrogens (tertiary/aromatic N) is 1. The fraction of sp³-hybridized carbons (Fsp3) is 0.278. The van der Waals surface area contributed by atoms with E-state index in [2.05, 4.69) is 29.4 Å². The molecule has 0 radical (unpaired) electrons. The number of anilines is 3. The van der Waals surface area contributed by atoms with Gasteiger partial charge in [-0.3, -0.25) is 0 Å². The predicted molar refractivity (Wildman–Crippen MR) is 93.8 cm³/mol. The monoisotopic (exact) mass is 315 g/mol. The van der Waals surface area contributed by atoms with Crippen molar-refractivity contribution < 1.29 is 9.18 Å². The predicted octanol–water partition coefficient (Wildman–Crippen LogP) is 4.62. The number of hydrogen-bond donors (Lipinski definition) is 2. The Kier molecular flexibility index (Phi) is 5.57. The highest BCUT2D eigenvalue weighted by Gasteiger charge is 2.09. The van der Waals surface area contributed by atoms with Gasteiger partial charge in [-0.1, -0.05) is 12.1 Å². The summed E-state index contributed by atoms with van der Waals surface area (Å²) in [5.41, 5.74) is 2.93. The van der Waals surface area contributed by atoms with Crippen LogP contribution in [-0.2, 0) is 0 Å². The maximum Gasteiger partial charge on any atom is 0.323 e. The number of aryl methyl sites for hydroxylation is 1. The van der Waals surface area contributed by atoms with Crippen LogP contribution in [0.2, 0.25) is 0 Å². The highest BCUT2D eigenvalue weighted by molar-refractivity contribution is 6.00. The van der Waals surface area contributed by atoms with E-state index in [9.17, 15) is 9.18 Å². The van der Waals surface area contributed by atoms with E-state index in [1.807, 2.05) is 25.1 Å². The van der Waals surface area contributed by atoms with Crippen molar-refractivity contribution in [2.24, 2.45) is 0 Å². The Hall–Kier alpha value is -2.56. The van der Waals surface area contributed by atoms with Crippen LogP contribution in [0.25, 0.3) is 0 Å². The highest BCUT2D eigenvalue weighted by atomic mass is 19.1. The fourth-order valence-corrected chi connectivity index (χ4v) is 2.41. The number of carbonyl (C=O) groups is 1. The number of para-hydroxylation sites is 1. The third kappa shape index (κ3) is 4.22. The molecule has 0 spiro atoms. The van der Waals surface area contributed by atoms with Gasteiger partial charge in [0.15, 0.2) is 0 Å². The van der Waals surface area contributed by atoms with Crippen LogP contribution in [0.4, 0.5) is 26.2 Å². The molecule has 0 aliphatic carbocycles. The van der Waals surface area contributed by atoms with E-state index in [-0.39, 0.29) is 5.69 Å². The van der Waals surface area contributed by atoms with E-state index in [1.54, 1.807) is 12.1 Å². The molecule has 2 aromatic rings. The lowest BCUT2D eigenvalue weighted by Gasteiger charge is -2.22. The van der Waals surface area contributed by atoms with Gasteiger partial charge in [-0.25, -0.2) is 9.18 Å². The maximum atomic E-state index is 13.5. The van der Waals surface area contributed by atoms with Crippen LogP contribution in [0, 0.1) is 12.7 Å². The van der Waals surface area contributed by atoms with Crippen LogP contribution in [0.5, 0.6) is 0 Å². The molecular formula is C18H22FN3O. The van der Waals surface area contributed by atoms with E-state index in [1.165, 1.54) is 12.1 Å². The molecule has 0 unspecified atom stereocenters. The summed E-state index contributed by atoms with van der Waals surface area (Å²) < 4.78 is 13.5. The Morgan fingerprint density at radius 2 is 1.70 bits per heavy atom. The van der Waals surface area contributed by atoms with E-state index < -0.39 is 11.8 Å². The first kappa shape index (κ1) is 16.8. The Morgan fingerprint density at radius 1 is 1.04 bits per heavy atom. The van der Waals surface area contributed by atoms with Crippen molar-refractivity contribution >= 4 is 23.1 Å². The second kappa shape index (κ2) is 7.63. The number of nitrogens with one attached hydrogen (secondary N) is 2. The summed E-state index contributed by atoms with van der Waals surface area (Å²) >= 11 is 0. The largest absolute Gasteiger partial charge is 0.372 e. The van der Waals surface area contributed by atoms with Gasteiger partial charge in [0.2, 0.25) is 0 Å². The second-order valence-electron chi connectivity index (χ2n) is 5.23. The molecule has 2 amide bonds. The van der Waals surface area contributed by atoms with Gasteiger partial charge in [0, 0.05) is 24.5 Å². The minimum absolute atomic E-state index is 0.155. The van der Waals surface area contributed by atoms with E-state index >= 15 is 0 Å². The standard InChI is InChI=1S/C18H22FN3O/c1-4-22(5-2)14-10-11-16(13(3)12-14)20-18(23)21-17-9-7-6-8-15(17)19/h6-12H,4-5H2,1-3H3,(H2,20,21,23). The Balaban J connectivity index is 2.08. The van der Waals surface area contributed by atoms with Gasteiger partial charge in [-0.05, 0) is 56.7 Å². The maximum absolute atomic E-state index is 13.5. The van der Waals surface area contributed by atoms with Gasteiger partial charge >= 0.3 is 6.03 Å². The summed E-state index contributed by atoms with van der Waals surface area (Å²) in [4.78, 5) is 14.3. The molecule has 0 atom stereocenters. The van der Waals surface area contributed by atoms with E-state index in [0.717, 1.165) is 24.3 Å². The number of benzene rings is 2. The third-order valence-corrected chi connectivity index (χ3v) is 3.71. The molecule has 0 aromatic heterocycles. The minimum atomic E-state index is -0.464. The summed E-state index contributed by atoms with van der Waals surface area (Å²) in [6.45, 7) is 8.00. The molecule has 0 saturated carbocycles. The highest BCUT2D eigenvalue weighted by Crippen LogP contribution is 2.23. The van der Waals surface area contributed by atoms with Crippen LogP contribution < -0.4 is 15.5 Å². The smallest absolute Gasteiger partial charge is 0.323 e. The molecule has 2 N–H and O–H groups in total. The van der Waals surface area contributed by atoms with E-state index in [4.69, 9.17) is 0 Å². The number of urea groups is 1. The lowest BCUT2D eigenvalue weighted by molar-refractivity contribution is 0.262. The zero-order valence-corrected chi connectivity index (χ0v) is 13.7. The first-order valence-corrected chi connectivity index (χ1v) is 7.73. The molecule has 4 nitrogen and oxygen atoms in total. The fourth-order valence-electron chi connectivity index (χ4n) is 2.41. The van der Waals surface area contributed by atoms with Gasteiger partial charge < -0.3 is 15.5 Å². The first-order chi connectivity index (χ1) is 11.0. The van der Waals surface area contributed by atoms with Crippen molar-refractivity contribution in [2.45, 2.75) is 20.8 Å². The zero-order chi connectivity index (χ0) is 16.8. The molecule has 0 fully saturated rings. The molecular weight excluding hydrogens is 293 g/mol. The van der Waals surface area contributed by atoms with Crippen molar-refractivity contribution in [1.82, 2.24) is 0 Å². The Labute approximate surface area is 136 Å². The molecule has 122 valence electrons. The molecule has 0 aliphatic heterocycles. The van der Waals surface area contributed by atoms with Crippen LogP contribution in [0.1, 0.15) is 19.4 Å². The van der Waals surface area contributed by atoms with Crippen LogP contribution in [0.15, 0.2) is 42.5 Å². The Morgan fingerprint density at radius 3 is 2.30 bits per heavy atom. The average molecular weight is 315 g/mol. The SMILES string of the molecule is CCN(CC)c1ccc(NC(=O)Nc2ccccc2F)c(C)c1. The van der Waals surface area contributed by atoms with Crippen LogP contribution >= 0.6 is 0 Å². The van der Waals surface area contributed by atoms with Gasteiger partial charge in [0.1, 0.15) is 5.82 Å². The van der Waals surface area contributed by atoms with Gasteiger partial charge in [0.25, 0.3) is 0 Å². The zero-order valence-electron chi connectivity index (χ0n) is 13.7. The lowest BCUT2D eigenvalue weighted by Crippen LogP contribution is -2.23. The topological polar surface area (TPSA) is 44.4 Å². The van der Waals surface area contributed by atoms with E-state index in [0.29, 0.717) is 5.69 Å². The summed E-state index contributed by atoms with van der Waals surface area (Å²) in [6, 6.07) is 11.5. The van der Waals surface area contributed by atoms with Gasteiger partial charge in [-0.2, -0.15) is 0 Å². The van der Waals surface area contributed by atoms with Crippen LogP contribution in [0.3, 0.4) is 0 Å². The summed E-state index contributed by atoms with van der Waals surface area (Å²) in [7, 11) is 0. The quantitative estimate of drug-likeness (QED) is 0.845. The van der Waals surface area contributed by atoms with Gasteiger partial charge in [0.05, 0.1) is 5.69 Å². The minimum Gasteiger partial charge on any atom is -0.372 e. The molecule has 23 heavy (non-hydrogen) atoms.